The highest BCUT2D eigenvalue weighted by atomic mass is 19.1. The molecule has 0 radical (unpaired) electrons. The van der Waals surface area contributed by atoms with Crippen LogP contribution in [-0.2, 0) is 0 Å². The van der Waals surface area contributed by atoms with E-state index in [4.69, 9.17) is 10.2 Å². The van der Waals surface area contributed by atoms with Crippen LogP contribution in [0.5, 0.6) is 0 Å². The van der Waals surface area contributed by atoms with Crippen LogP contribution in [0, 0.1) is 0 Å². The van der Waals surface area contributed by atoms with Crippen molar-refractivity contribution in [3.05, 3.63) is 0 Å². The first-order chi connectivity index (χ1) is 5.35. The van der Waals surface area contributed by atoms with E-state index in [1.807, 2.05) is 0 Å². The average molecular weight is 165 g/mol. The fraction of sp³-hybridized carbons (Fsp3) is 1.00. The Morgan fingerprint density at radius 2 is 1.73 bits per heavy atom. The van der Waals surface area contributed by atoms with E-state index < -0.39 is 6.67 Å². The third-order valence-corrected chi connectivity index (χ3v) is 1.45. The Morgan fingerprint density at radius 1 is 1.00 bits per heavy atom. The highest BCUT2D eigenvalue weighted by Gasteiger charge is 2.01. The van der Waals surface area contributed by atoms with E-state index in [1.165, 1.54) is 0 Å². The lowest BCUT2D eigenvalue weighted by Gasteiger charge is -2.18. The van der Waals surface area contributed by atoms with Crippen LogP contribution in [-0.4, -0.2) is 54.6 Å². The number of hydrogen-bond acceptors (Lipinski definition) is 3. The third-order valence-electron chi connectivity index (χ3n) is 1.45. The van der Waals surface area contributed by atoms with Crippen molar-refractivity contribution in [2.24, 2.45) is 0 Å². The molecule has 0 aromatic heterocycles. The Bertz CT molecular complexity index is 76.8. The molecule has 0 unspecified atom stereocenters. The van der Waals surface area contributed by atoms with Crippen molar-refractivity contribution in [1.29, 1.82) is 0 Å². The van der Waals surface area contributed by atoms with Crippen molar-refractivity contribution >= 4 is 0 Å². The van der Waals surface area contributed by atoms with E-state index in [-0.39, 0.29) is 13.2 Å². The molecule has 0 heterocycles. The summed E-state index contributed by atoms with van der Waals surface area (Å²) in [7, 11) is 0. The number of rotatable bonds is 7. The zero-order valence-electron chi connectivity index (χ0n) is 6.67. The van der Waals surface area contributed by atoms with Gasteiger partial charge in [-0.2, -0.15) is 0 Å². The maximum absolute atomic E-state index is 11.8. The van der Waals surface area contributed by atoms with Gasteiger partial charge in [0, 0.05) is 26.2 Å². The normalized spacial score (nSPS) is 10.9. The second kappa shape index (κ2) is 7.91. The van der Waals surface area contributed by atoms with Crippen molar-refractivity contribution in [2.75, 3.05) is 39.5 Å². The molecule has 0 bridgehead atoms. The summed E-state index contributed by atoms with van der Waals surface area (Å²) < 4.78 is 11.8. The van der Waals surface area contributed by atoms with Crippen LogP contribution in [0.25, 0.3) is 0 Å². The van der Waals surface area contributed by atoms with Gasteiger partial charge in [-0.15, -0.1) is 0 Å². The predicted molar refractivity (Wildman–Crippen MR) is 41.2 cm³/mol. The Labute approximate surface area is 66.4 Å². The van der Waals surface area contributed by atoms with Crippen molar-refractivity contribution in [2.45, 2.75) is 6.42 Å². The molecule has 0 fully saturated rings. The first kappa shape index (κ1) is 10.8. The zero-order chi connectivity index (χ0) is 8.53. The molecule has 0 amide bonds. The van der Waals surface area contributed by atoms with Crippen LogP contribution >= 0.6 is 0 Å². The van der Waals surface area contributed by atoms with Gasteiger partial charge in [-0.05, 0) is 6.42 Å². The van der Waals surface area contributed by atoms with E-state index in [0.29, 0.717) is 26.1 Å². The molecule has 4 heteroatoms. The number of hydrogen-bond donors (Lipinski definition) is 2. The second-order valence-corrected chi connectivity index (χ2v) is 2.33. The Hall–Kier alpha value is -0.190. The fourth-order valence-corrected chi connectivity index (χ4v) is 0.891. The molecule has 0 aromatic carbocycles. The maximum atomic E-state index is 11.8. The summed E-state index contributed by atoms with van der Waals surface area (Å²) in [5, 5.41) is 17.0. The number of nitrogens with zero attached hydrogens (tertiary/aromatic N) is 1. The van der Waals surface area contributed by atoms with E-state index in [1.54, 1.807) is 4.90 Å². The number of aliphatic hydroxyl groups is 2. The van der Waals surface area contributed by atoms with Gasteiger partial charge in [0.25, 0.3) is 0 Å². The zero-order valence-corrected chi connectivity index (χ0v) is 6.67. The monoisotopic (exact) mass is 165 g/mol. The average Bonchev–Trinajstić information content (AvgIpc) is 2.01. The van der Waals surface area contributed by atoms with Gasteiger partial charge in [-0.1, -0.05) is 0 Å². The standard InChI is InChI=1S/C7H16FNO2/c8-2-4-9(5-7-11)3-1-6-10/h10-11H,1-7H2. The summed E-state index contributed by atoms with van der Waals surface area (Å²) in [6.45, 7) is 1.26. The van der Waals surface area contributed by atoms with Crippen molar-refractivity contribution in [3.63, 3.8) is 0 Å². The number of aliphatic hydroxyl groups excluding tert-OH is 2. The first-order valence-corrected chi connectivity index (χ1v) is 3.85. The van der Waals surface area contributed by atoms with Crippen LogP contribution in [0.2, 0.25) is 0 Å². The van der Waals surface area contributed by atoms with Crippen molar-refractivity contribution in [1.82, 2.24) is 4.90 Å². The topological polar surface area (TPSA) is 43.7 Å². The molecular formula is C7H16FNO2. The molecule has 3 nitrogen and oxygen atoms in total. The van der Waals surface area contributed by atoms with Crippen molar-refractivity contribution < 1.29 is 14.6 Å². The van der Waals surface area contributed by atoms with Crippen LogP contribution in [0.1, 0.15) is 6.42 Å². The lowest BCUT2D eigenvalue weighted by atomic mass is 10.4. The minimum atomic E-state index is -0.397. The second-order valence-electron chi connectivity index (χ2n) is 2.33. The van der Waals surface area contributed by atoms with E-state index >= 15 is 0 Å². The molecule has 0 aliphatic rings. The lowest BCUT2D eigenvalue weighted by molar-refractivity contribution is 0.171. The number of halogens is 1. The Kier molecular flexibility index (Phi) is 7.78. The Morgan fingerprint density at radius 3 is 2.18 bits per heavy atom. The molecule has 2 N–H and O–H groups in total. The van der Waals surface area contributed by atoms with E-state index in [0.717, 1.165) is 0 Å². The summed E-state index contributed by atoms with van der Waals surface area (Å²) >= 11 is 0. The van der Waals surface area contributed by atoms with Crippen molar-refractivity contribution in [3.8, 4) is 0 Å². The van der Waals surface area contributed by atoms with Crippen LogP contribution in [0.3, 0.4) is 0 Å². The lowest BCUT2D eigenvalue weighted by Crippen LogP contribution is -2.30. The molecule has 0 atom stereocenters. The maximum Gasteiger partial charge on any atom is 0.102 e. The molecule has 0 spiro atoms. The molecule has 0 aliphatic heterocycles. The van der Waals surface area contributed by atoms with E-state index in [2.05, 4.69) is 0 Å². The molecule has 0 saturated heterocycles. The first-order valence-electron chi connectivity index (χ1n) is 3.85. The predicted octanol–water partition coefficient (Wildman–Crippen LogP) is -0.367. The quantitative estimate of drug-likeness (QED) is 0.541. The smallest absolute Gasteiger partial charge is 0.102 e. The largest absolute Gasteiger partial charge is 0.396 e. The van der Waals surface area contributed by atoms with Crippen LogP contribution in [0.4, 0.5) is 4.39 Å². The highest BCUT2D eigenvalue weighted by molar-refractivity contribution is 4.55. The summed E-state index contributed by atoms with van der Waals surface area (Å²) in [5.74, 6) is 0. The van der Waals surface area contributed by atoms with Gasteiger partial charge in [-0.3, -0.25) is 4.90 Å². The summed E-state index contributed by atoms with van der Waals surface area (Å²) in [6, 6.07) is 0. The minimum absolute atomic E-state index is 0.0471. The molecule has 11 heavy (non-hydrogen) atoms. The molecule has 0 aliphatic carbocycles. The summed E-state index contributed by atoms with van der Waals surface area (Å²) in [4.78, 5) is 1.79. The molecule has 0 aromatic rings. The van der Waals surface area contributed by atoms with Gasteiger partial charge in [0.2, 0.25) is 0 Å². The van der Waals surface area contributed by atoms with Gasteiger partial charge in [0.05, 0.1) is 6.61 Å². The molecule has 0 rings (SSSR count). The van der Waals surface area contributed by atoms with Gasteiger partial charge in [0.1, 0.15) is 6.67 Å². The molecule has 68 valence electrons. The minimum Gasteiger partial charge on any atom is -0.396 e. The summed E-state index contributed by atoms with van der Waals surface area (Å²) in [5.41, 5.74) is 0. The third kappa shape index (κ3) is 6.22. The summed E-state index contributed by atoms with van der Waals surface area (Å²) in [6.07, 6.45) is 0.639. The highest BCUT2D eigenvalue weighted by Crippen LogP contribution is 1.90. The van der Waals surface area contributed by atoms with Gasteiger partial charge in [-0.25, -0.2) is 4.39 Å². The van der Waals surface area contributed by atoms with Gasteiger partial charge < -0.3 is 10.2 Å². The number of alkyl halides is 1. The Balaban J connectivity index is 3.34. The van der Waals surface area contributed by atoms with Crippen LogP contribution < -0.4 is 0 Å². The van der Waals surface area contributed by atoms with Crippen LogP contribution in [0.15, 0.2) is 0 Å². The molecular weight excluding hydrogens is 149 g/mol. The van der Waals surface area contributed by atoms with Gasteiger partial charge >= 0.3 is 0 Å². The van der Waals surface area contributed by atoms with Gasteiger partial charge in [0.15, 0.2) is 0 Å². The molecule has 0 saturated carbocycles. The van der Waals surface area contributed by atoms with E-state index in [9.17, 15) is 4.39 Å². The fourth-order valence-electron chi connectivity index (χ4n) is 0.891. The SMILES string of the molecule is OCCCN(CCO)CCF.